The third-order valence-electron chi connectivity index (χ3n) is 7.33. The molecule has 6 rings (SSSR count). The molecular weight excluding hydrogens is 483 g/mol. The van der Waals surface area contributed by atoms with E-state index in [1.807, 2.05) is 22.6 Å². The van der Waals surface area contributed by atoms with E-state index in [4.69, 9.17) is 9.72 Å². The predicted octanol–water partition coefficient (Wildman–Crippen LogP) is 4.91. The molecule has 0 unspecified atom stereocenters. The molecule has 4 aromatic rings. The molecule has 8 nitrogen and oxygen atoms in total. The smallest absolute Gasteiger partial charge is 0.254 e. The largest absolute Gasteiger partial charge is 0.381 e. The Morgan fingerprint density at radius 3 is 2.84 bits per heavy atom. The second kappa shape index (κ2) is 10.2. The number of carbonyl (C=O) groups excluding carboxylic acids is 1. The van der Waals surface area contributed by atoms with Crippen LogP contribution in [0.2, 0.25) is 0 Å². The minimum absolute atomic E-state index is 0.135. The number of imidazole rings is 1. The first-order chi connectivity index (χ1) is 18.5. The first-order valence-corrected chi connectivity index (χ1v) is 13.1. The molecule has 0 bridgehead atoms. The van der Waals surface area contributed by atoms with Crippen molar-refractivity contribution in [3.63, 3.8) is 0 Å². The van der Waals surface area contributed by atoms with E-state index in [1.165, 1.54) is 17.7 Å². The second-order valence-corrected chi connectivity index (χ2v) is 10.2. The van der Waals surface area contributed by atoms with Gasteiger partial charge in [-0.2, -0.15) is 0 Å². The standard InChI is InChI=1S/C29H31FN6O2/c1-17(2)31-15-24-20(18-8-11-38-12-9-18)4-6-26(35-24)34-23-5-3-21(22-14-33-29(37)28(22)23)25-16-32-27-13-19(30)7-10-36(25)27/h3-7,10,13,16-18,31H,8-9,11-12,14-15H2,1-2H3,(H,33,37)(H,34,35). The van der Waals surface area contributed by atoms with E-state index >= 15 is 0 Å². The molecular formula is C29H31FN6O2. The molecule has 3 aromatic heterocycles. The molecule has 0 saturated carbocycles. The summed E-state index contributed by atoms with van der Waals surface area (Å²) in [6.07, 6.45) is 5.36. The summed E-state index contributed by atoms with van der Waals surface area (Å²) in [7, 11) is 0. The average molecular weight is 515 g/mol. The first-order valence-electron chi connectivity index (χ1n) is 13.1. The molecule has 1 saturated heterocycles. The molecule has 1 fully saturated rings. The van der Waals surface area contributed by atoms with Crippen LogP contribution in [0.15, 0.2) is 48.8 Å². The van der Waals surface area contributed by atoms with Crippen molar-refractivity contribution >= 4 is 23.1 Å². The summed E-state index contributed by atoms with van der Waals surface area (Å²) in [6.45, 7) is 6.88. The lowest BCUT2D eigenvalue weighted by atomic mass is 9.90. The van der Waals surface area contributed by atoms with E-state index < -0.39 is 0 Å². The van der Waals surface area contributed by atoms with Gasteiger partial charge in [-0.3, -0.25) is 9.20 Å². The Morgan fingerprint density at radius 1 is 1.18 bits per heavy atom. The van der Waals surface area contributed by atoms with Crippen molar-refractivity contribution in [1.82, 2.24) is 25.0 Å². The second-order valence-electron chi connectivity index (χ2n) is 10.2. The van der Waals surface area contributed by atoms with Gasteiger partial charge in [-0.15, -0.1) is 0 Å². The van der Waals surface area contributed by atoms with Gasteiger partial charge in [0.2, 0.25) is 0 Å². The number of pyridine rings is 2. The van der Waals surface area contributed by atoms with E-state index in [-0.39, 0.29) is 11.7 Å². The summed E-state index contributed by atoms with van der Waals surface area (Å²) in [6, 6.07) is 11.2. The zero-order chi connectivity index (χ0) is 26.2. The minimum Gasteiger partial charge on any atom is -0.381 e. The van der Waals surface area contributed by atoms with E-state index in [2.05, 4.69) is 40.8 Å². The van der Waals surface area contributed by atoms with Crippen LogP contribution >= 0.6 is 0 Å². The number of amides is 1. The Bertz CT molecular complexity index is 1510. The van der Waals surface area contributed by atoms with Gasteiger partial charge in [0.15, 0.2) is 0 Å². The summed E-state index contributed by atoms with van der Waals surface area (Å²) in [4.78, 5) is 22.3. The maximum atomic E-state index is 13.7. The number of aromatic nitrogens is 3. The molecule has 1 aromatic carbocycles. The van der Waals surface area contributed by atoms with Crippen molar-refractivity contribution in [1.29, 1.82) is 0 Å². The van der Waals surface area contributed by atoms with Crippen LogP contribution in [0.5, 0.6) is 0 Å². The van der Waals surface area contributed by atoms with Gasteiger partial charge in [0.05, 0.1) is 28.8 Å². The fourth-order valence-corrected chi connectivity index (χ4v) is 5.39. The van der Waals surface area contributed by atoms with Crippen LogP contribution in [-0.2, 0) is 17.8 Å². The quantitative estimate of drug-likeness (QED) is 0.324. The van der Waals surface area contributed by atoms with Crippen molar-refractivity contribution in [3.8, 4) is 11.3 Å². The van der Waals surface area contributed by atoms with Crippen LogP contribution in [0, 0.1) is 5.82 Å². The number of halogens is 1. The number of carbonyl (C=O) groups is 1. The maximum absolute atomic E-state index is 13.7. The molecule has 5 heterocycles. The van der Waals surface area contributed by atoms with E-state index in [9.17, 15) is 9.18 Å². The monoisotopic (exact) mass is 514 g/mol. The zero-order valence-electron chi connectivity index (χ0n) is 21.6. The molecule has 0 spiro atoms. The fourth-order valence-electron chi connectivity index (χ4n) is 5.39. The minimum atomic E-state index is -0.338. The highest BCUT2D eigenvalue weighted by Gasteiger charge is 2.28. The van der Waals surface area contributed by atoms with E-state index in [0.29, 0.717) is 47.8 Å². The van der Waals surface area contributed by atoms with E-state index in [0.717, 1.165) is 48.6 Å². The lowest BCUT2D eigenvalue weighted by Gasteiger charge is -2.25. The van der Waals surface area contributed by atoms with Crippen LogP contribution in [0.1, 0.15) is 59.8 Å². The summed E-state index contributed by atoms with van der Waals surface area (Å²) in [5.41, 5.74) is 6.66. The van der Waals surface area contributed by atoms with Crippen LogP contribution in [0.25, 0.3) is 16.9 Å². The van der Waals surface area contributed by atoms with Gasteiger partial charge in [0, 0.05) is 50.2 Å². The highest BCUT2D eigenvalue weighted by atomic mass is 19.1. The number of nitrogens with zero attached hydrogens (tertiary/aromatic N) is 3. The van der Waals surface area contributed by atoms with Gasteiger partial charge >= 0.3 is 0 Å². The summed E-state index contributed by atoms with van der Waals surface area (Å²) >= 11 is 0. The molecule has 0 atom stereocenters. The van der Waals surface area contributed by atoms with Crippen LogP contribution in [-0.4, -0.2) is 39.5 Å². The van der Waals surface area contributed by atoms with E-state index in [1.54, 1.807) is 12.4 Å². The Labute approximate surface area is 220 Å². The summed E-state index contributed by atoms with van der Waals surface area (Å²) in [5, 5.41) is 9.87. The first kappa shape index (κ1) is 24.5. The molecule has 0 aliphatic carbocycles. The Balaban J connectivity index is 1.35. The molecule has 0 radical (unpaired) electrons. The Hall–Kier alpha value is -3.82. The third kappa shape index (κ3) is 4.63. The van der Waals surface area contributed by atoms with Crippen LogP contribution in [0.3, 0.4) is 0 Å². The van der Waals surface area contributed by atoms with Gasteiger partial charge in [0.25, 0.3) is 5.91 Å². The molecule has 38 heavy (non-hydrogen) atoms. The Kier molecular flexibility index (Phi) is 6.55. The van der Waals surface area contributed by atoms with Crippen LogP contribution < -0.4 is 16.0 Å². The number of nitrogens with one attached hydrogen (secondary N) is 3. The molecule has 2 aliphatic heterocycles. The van der Waals surface area contributed by atoms with Crippen molar-refractivity contribution in [2.45, 2.75) is 51.7 Å². The molecule has 2 aliphatic rings. The lowest BCUT2D eigenvalue weighted by molar-refractivity contribution is 0.0850. The number of anilines is 2. The van der Waals surface area contributed by atoms with Gasteiger partial charge in [-0.1, -0.05) is 26.0 Å². The number of hydrogen-bond acceptors (Lipinski definition) is 6. The summed E-state index contributed by atoms with van der Waals surface area (Å²) in [5.74, 6) is 0.656. The Morgan fingerprint density at radius 2 is 2.03 bits per heavy atom. The van der Waals surface area contributed by atoms with Gasteiger partial charge in [-0.25, -0.2) is 14.4 Å². The summed E-state index contributed by atoms with van der Waals surface area (Å²) < 4.78 is 21.1. The van der Waals surface area contributed by atoms with Gasteiger partial charge in [-0.05, 0) is 48.1 Å². The van der Waals surface area contributed by atoms with Crippen molar-refractivity contribution < 1.29 is 13.9 Å². The van der Waals surface area contributed by atoms with Crippen molar-refractivity contribution in [3.05, 3.63) is 77.0 Å². The highest BCUT2D eigenvalue weighted by molar-refractivity contribution is 6.06. The van der Waals surface area contributed by atoms with Crippen LogP contribution in [0.4, 0.5) is 15.9 Å². The van der Waals surface area contributed by atoms with Gasteiger partial charge in [0.1, 0.15) is 17.3 Å². The number of benzene rings is 1. The average Bonchev–Trinajstić information content (AvgIpc) is 3.52. The lowest BCUT2D eigenvalue weighted by Crippen LogP contribution is -2.25. The van der Waals surface area contributed by atoms with Crippen molar-refractivity contribution in [2.24, 2.45) is 0 Å². The van der Waals surface area contributed by atoms with Crippen molar-refractivity contribution in [2.75, 3.05) is 18.5 Å². The van der Waals surface area contributed by atoms with Gasteiger partial charge < -0.3 is 20.7 Å². The topological polar surface area (TPSA) is 92.6 Å². The predicted molar refractivity (Wildman–Crippen MR) is 144 cm³/mol. The molecule has 1 amide bonds. The SMILES string of the molecule is CC(C)NCc1nc(Nc2ccc(-c3cnc4cc(F)ccn34)c3c2C(=O)NC3)ccc1C1CCOCC1. The zero-order valence-corrected chi connectivity index (χ0v) is 21.6. The number of hydrogen-bond donors (Lipinski definition) is 3. The maximum Gasteiger partial charge on any atom is 0.254 e. The molecule has 196 valence electrons. The number of ether oxygens (including phenoxy) is 1. The normalized spacial score (nSPS) is 15.7. The highest BCUT2D eigenvalue weighted by Crippen LogP contribution is 2.36. The number of rotatable bonds is 7. The fraction of sp³-hybridized carbons (Fsp3) is 0.345. The molecule has 3 N–H and O–H groups in total. The number of fused-ring (bicyclic) bond motifs is 2. The third-order valence-corrected chi connectivity index (χ3v) is 7.33. The molecule has 9 heteroatoms.